The van der Waals surface area contributed by atoms with Gasteiger partial charge in [0.2, 0.25) is 5.91 Å². The smallest absolute Gasteiger partial charge is 0.378 e. The number of morpholine rings is 1. The van der Waals surface area contributed by atoms with Crippen LogP contribution in [0.4, 0.5) is 18.9 Å². The molecule has 4 rings (SSSR count). The number of fused-ring (bicyclic) bond motifs is 1. The third-order valence-electron chi connectivity index (χ3n) is 5.55. The molecule has 150 valence electrons. The van der Waals surface area contributed by atoms with Crippen molar-refractivity contribution in [2.75, 3.05) is 44.3 Å². The monoisotopic (exact) mass is 393 g/mol. The highest BCUT2D eigenvalue weighted by atomic mass is 19.4. The summed E-state index contributed by atoms with van der Waals surface area (Å²) in [7, 11) is 0. The topological polar surface area (TPSA) is 45.7 Å². The molecule has 0 unspecified atom stereocenters. The summed E-state index contributed by atoms with van der Waals surface area (Å²) in [5.74, 6) is 0.191. The summed E-state index contributed by atoms with van der Waals surface area (Å²) in [6.07, 6.45) is -1.37. The van der Waals surface area contributed by atoms with Crippen molar-refractivity contribution in [3.8, 4) is 0 Å². The summed E-state index contributed by atoms with van der Waals surface area (Å²) in [6, 6.07) is 5.51. The maximum absolute atomic E-state index is 13.0. The molecule has 0 atom stereocenters. The van der Waals surface area contributed by atoms with Crippen LogP contribution in [-0.4, -0.2) is 55.2 Å². The quantitative estimate of drug-likeness (QED) is 0.785. The third kappa shape index (κ3) is 3.78. The standard InChI is InChI=1S/C20H22F3N3O2/c21-20(22,23)15-1-2-16-17(13-15)24-6-3-18(16)25-7-4-14(5-8-25)19(27)26-9-11-28-12-10-26/h1-3,6,13-14H,4-5,7-12H2. The Bertz CT molecular complexity index is 857. The van der Waals surface area contributed by atoms with Gasteiger partial charge in [0.15, 0.2) is 0 Å². The number of carbonyl (C=O) groups is 1. The van der Waals surface area contributed by atoms with Gasteiger partial charge in [0.05, 0.1) is 24.3 Å². The maximum atomic E-state index is 13.0. The van der Waals surface area contributed by atoms with Gasteiger partial charge in [-0.05, 0) is 31.0 Å². The second-order valence-corrected chi connectivity index (χ2v) is 7.26. The number of carbonyl (C=O) groups excluding carboxylic acids is 1. The number of nitrogens with zero attached hydrogens (tertiary/aromatic N) is 3. The molecule has 5 nitrogen and oxygen atoms in total. The Balaban J connectivity index is 1.48. The molecule has 0 saturated carbocycles. The van der Waals surface area contributed by atoms with E-state index < -0.39 is 11.7 Å². The fourth-order valence-electron chi connectivity index (χ4n) is 3.99. The molecule has 2 fully saturated rings. The minimum Gasteiger partial charge on any atom is -0.378 e. The second-order valence-electron chi connectivity index (χ2n) is 7.26. The van der Waals surface area contributed by atoms with E-state index >= 15 is 0 Å². The van der Waals surface area contributed by atoms with E-state index in [0.717, 1.165) is 30.7 Å². The fourth-order valence-corrected chi connectivity index (χ4v) is 3.99. The Labute approximate surface area is 161 Å². The normalized spacial score (nSPS) is 19.2. The van der Waals surface area contributed by atoms with Crippen molar-refractivity contribution in [2.45, 2.75) is 19.0 Å². The zero-order valence-corrected chi connectivity index (χ0v) is 15.4. The highest BCUT2D eigenvalue weighted by Crippen LogP contribution is 2.34. The molecular weight excluding hydrogens is 371 g/mol. The van der Waals surface area contributed by atoms with E-state index in [-0.39, 0.29) is 11.8 Å². The lowest BCUT2D eigenvalue weighted by Crippen LogP contribution is -2.46. The summed E-state index contributed by atoms with van der Waals surface area (Å²) in [4.78, 5) is 20.8. The van der Waals surface area contributed by atoms with Crippen molar-refractivity contribution in [3.63, 3.8) is 0 Å². The van der Waals surface area contributed by atoms with Gasteiger partial charge in [-0.2, -0.15) is 13.2 Å². The van der Waals surface area contributed by atoms with Gasteiger partial charge >= 0.3 is 6.18 Å². The van der Waals surface area contributed by atoms with Gasteiger partial charge in [-0.25, -0.2) is 0 Å². The minimum absolute atomic E-state index is 0.000663. The van der Waals surface area contributed by atoms with Crippen LogP contribution in [0.15, 0.2) is 30.5 Å². The van der Waals surface area contributed by atoms with Crippen LogP contribution in [0.1, 0.15) is 18.4 Å². The number of piperidine rings is 1. The number of halogens is 3. The minimum atomic E-state index is -4.38. The van der Waals surface area contributed by atoms with E-state index in [9.17, 15) is 18.0 Å². The number of rotatable bonds is 2. The summed E-state index contributed by atoms with van der Waals surface area (Å²) in [5.41, 5.74) is 0.509. The molecular formula is C20H22F3N3O2. The first-order chi connectivity index (χ1) is 13.4. The van der Waals surface area contributed by atoms with Crippen molar-refractivity contribution >= 4 is 22.5 Å². The largest absolute Gasteiger partial charge is 0.416 e. The van der Waals surface area contributed by atoms with E-state index in [4.69, 9.17) is 4.74 Å². The predicted molar refractivity (Wildman–Crippen MR) is 99.1 cm³/mol. The van der Waals surface area contributed by atoms with Gasteiger partial charge in [-0.1, -0.05) is 6.07 Å². The lowest BCUT2D eigenvalue weighted by molar-refractivity contribution is -0.140. The van der Waals surface area contributed by atoms with Gasteiger partial charge in [0, 0.05) is 49.4 Å². The number of anilines is 1. The van der Waals surface area contributed by atoms with Crippen LogP contribution >= 0.6 is 0 Å². The van der Waals surface area contributed by atoms with Crippen molar-refractivity contribution in [2.24, 2.45) is 5.92 Å². The number of aromatic nitrogens is 1. The van der Waals surface area contributed by atoms with Crippen molar-refractivity contribution in [1.29, 1.82) is 0 Å². The molecule has 8 heteroatoms. The molecule has 1 aromatic carbocycles. The van der Waals surface area contributed by atoms with Crippen LogP contribution in [-0.2, 0) is 15.7 Å². The van der Waals surface area contributed by atoms with Gasteiger partial charge in [-0.3, -0.25) is 9.78 Å². The molecule has 0 spiro atoms. The number of alkyl halides is 3. The second kappa shape index (κ2) is 7.58. The summed E-state index contributed by atoms with van der Waals surface area (Å²) >= 11 is 0. The lowest BCUT2D eigenvalue weighted by Gasteiger charge is -2.36. The fraction of sp³-hybridized carbons (Fsp3) is 0.500. The number of pyridine rings is 1. The number of benzene rings is 1. The number of ether oxygens (including phenoxy) is 1. The zero-order valence-electron chi connectivity index (χ0n) is 15.4. The SMILES string of the molecule is O=C(C1CCN(c2ccnc3cc(C(F)(F)F)ccc23)CC1)N1CCOCC1. The van der Waals surface area contributed by atoms with E-state index in [1.807, 2.05) is 11.0 Å². The molecule has 0 radical (unpaired) electrons. The first-order valence-corrected chi connectivity index (χ1v) is 9.51. The summed E-state index contributed by atoms with van der Waals surface area (Å²) in [6.45, 7) is 3.87. The van der Waals surface area contributed by atoms with E-state index in [0.29, 0.717) is 50.3 Å². The number of hydrogen-bond donors (Lipinski definition) is 0. The van der Waals surface area contributed by atoms with Crippen molar-refractivity contribution < 1.29 is 22.7 Å². The molecule has 2 aliphatic heterocycles. The predicted octanol–water partition coefficient (Wildman–Crippen LogP) is 3.33. The molecule has 0 bridgehead atoms. The molecule has 2 aromatic rings. The molecule has 1 amide bonds. The Morgan fingerprint density at radius 3 is 2.46 bits per heavy atom. The summed E-state index contributed by atoms with van der Waals surface area (Å²) < 4.78 is 44.2. The number of amides is 1. The van der Waals surface area contributed by atoms with Crippen molar-refractivity contribution in [1.82, 2.24) is 9.88 Å². The molecule has 3 heterocycles. The van der Waals surface area contributed by atoms with E-state index in [1.54, 1.807) is 6.20 Å². The number of hydrogen-bond acceptors (Lipinski definition) is 4. The van der Waals surface area contributed by atoms with Crippen LogP contribution in [0.2, 0.25) is 0 Å². The zero-order chi connectivity index (χ0) is 19.7. The van der Waals surface area contributed by atoms with Crippen LogP contribution < -0.4 is 4.90 Å². The first kappa shape index (κ1) is 19.0. The van der Waals surface area contributed by atoms with Gasteiger partial charge in [0.25, 0.3) is 0 Å². The highest BCUT2D eigenvalue weighted by molar-refractivity contribution is 5.92. The van der Waals surface area contributed by atoms with Crippen LogP contribution in [0, 0.1) is 5.92 Å². The Morgan fingerprint density at radius 1 is 1.07 bits per heavy atom. The van der Waals surface area contributed by atoms with Gasteiger partial charge in [0.1, 0.15) is 0 Å². The highest BCUT2D eigenvalue weighted by Gasteiger charge is 2.32. The average molecular weight is 393 g/mol. The Morgan fingerprint density at radius 2 is 1.79 bits per heavy atom. The lowest BCUT2D eigenvalue weighted by atomic mass is 9.94. The van der Waals surface area contributed by atoms with E-state index in [1.165, 1.54) is 6.07 Å². The molecule has 0 N–H and O–H groups in total. The Hall–Kier alpha value is -2.35. The first-order valence-electron chi connectivity index (χ1n) is 9.51. The van der Waals surface area contributed by atoms with Crippen LogP contribution in [0.3, 0.4) is 0 Å². The van der Waals surface area contributed by atoms with Crippen molar-refractivity contribution in [3.05, 3.63) is 36.0 Å². The van der Waals surface area contributed by atoms with Gasteiger partial charge < -0.3 is 14.5 Å². The molecule has 0 aliphatic carbocycles. The van der Waals surface area contributed by atoms with Crippen LogP contribution in [0.25, 0.3) is 10.9 Å². The molecule has 2 aliphatic rings. The molecule has 2 saturated heterocycles. The van der Waals surface area contributed by atoms with Gasteiger partial charge in [-0.15, -0.1) is 0 Å². The Kier molecular flexibility index (Phi) is 5.14. The van der Waals surface area contributed by atoms with E-state index in [2.05, 4.69) is 9.88 Å². The average Bonchev–Trinajstić information content (AvgIpc) is 2.72. The third-order valence-corrected chi connectivity index (χ3v) is 5.55. The maximum Gasteiger partial charge on any atom is 0.416 e. The van der Waals surface area contributed by atoms with Crippen LogP contribution in [0.5, 0.6) is 0 Å². The molecule has 1 aromatic heterocycles. The summed E-state index contributed by atoms with van der Waals surface area (Å²) in [5, 5.41) is 0.702. The molecule has 28 heavy (non-hydrogen) atoms.